The van der Waals surface area contributed by atoms with Gasteiger partial charge < -0.3 is 21.5 Å². The van der Waals surface area contributed by atoms with E-state index >= 15 is 0 Å². The first kappa shape index (κ1) is 15.8. The molecule has 0 aliphatic carbocycles. The Hall–Kier alpha value is 0.796. The molecule has 6 heteroatoms. The first-order valence-corrected chi connectivity index (χ1v) is 0.548. The molecule has 0 heterocycles. The predicted molar refractivity (Wildman–Crippen MR) is 16.3 cm³/mol. The van der Waals surface area contributed by atoms with E-state index in [4.69, 9.17) is 15.3 Å². The maximum absolute atomic E-state index is 8.25. The second-order valence-corrected chi connectivity index (χ2v) is 0.224. The van der Waals surface area contributed by atoms with Crippen LogP contribution in [-0.2, 0) is 0 Å². The first-order valence-electron chi connectivity index (χ1n) is 0.548. The van der Waals surface area contributed by atoms with Gasteiger partial charge in [-0.1, -0.05) is 0 Å². The molecule has 32 valence electrons. The molecule has 0 atom stereocenters. The Morgan fingerprint density at radius 3 is 1.33 bits per heavy atom. The van der Waals surface area contributed by atoms with Gasteiger partial charge in [0.2, 0.25) is 0 Å². The van der Waals surface area contributed by atoms with E-state index in [0.29, 0.717) is 0 Å². The average molecular weight is 119 g/mol. The Morgan fingerprint density at radius 2 is 1.33 bits per heavy atom. The van der Waals surface area contributed by atoms with Gasteiger partial charge >= 0.3 is 51.4 Å². The van der Waals surface area contributed by atoms with E-state index in [1.54, 1.807) is 0 Å². The largest absolute Gasteiger partial charge is 1.00 e. The molecule has 0 bridgehead atoms. The second kappa shape index (κ2) is 9.25. The third kappa shape index (κ3) is 109. The van der Waals surface area contributed by atoms with Crippen LogP contribution in [0.15, 0.2) is 0 Å². The third-order valence-corrected chi connectivity index (χ3v) is 0. The van der Waals surface area contributed by atoms with Gasteiger partial charge in [-0.2, -0.15) is 0 Å². The van der Waals surface area contributed by atoms with Crippen LogP contribution in [0.2, 0.25) is 0 Å². The molecule has 5 nitrogen and oxygen atoms in total. The van der Waals surface area contributed by atoms with Gasteiger partial charge in [0.1, 0.15) is 0 Å². The van der Waals surface area contributed by atoms with E-state index in [1.165, 1.54) is 0 Å². The quantitative estimate of drug-likeness (QED) is 0.211. The van der Waals surface area contributed by atoms with Crippen molar-refractivity contribution in [2.45, 2.75) is 0 Å². The minimum atomic E-state index is -1.75. The summed E-state index contributed by atoms with van der Waals surface area (Å²) in [5, 5.41) is 14.8. The molecule has 0 aromatic carbocycles. The maximum atomic E-state index is 8.25. The zero-order valence-electron chi connectivity index (χ0n) is 3.67. The summed E-state index contributed by atoms with van der Waals surface area (Å²) in [6.45, 7) is 0. The zero-order valence-corrected chi connectivity index (χ0v) is 6.80. The minimum absolute atomic E-state index is 0. The molecule has 0 amide bonds. The second-order valence-electron chi connectivity index (χ2n) is 0.224. The summed E-state index contributed by atoms with van der Waals surface area (Å²) < 4.78 is 0. The fraction of sp³-hybridized carbons (Fsp3) is 0. The summed E-state index contributed by atoms with van der Waals surface area (Å²) >= 11 is 0. The average Bonchev–Trinajstić information content (AvgIpc) is 0.811. The van der Waals surface area contributed by atoms with Crippen molar-refractivity contribution in [2.75, 3.05) is 0 Å². The molecule has 4 N–H and O–H groups in total. The number of hydrogen-bond acceptors (Lipinski definition) is 3. The number of quaternary nitrogens is 1. The van der Waals surface area contributed by atoms with Gasteiger partial charge in [-0.25, -0.2) is 0 Å². The van der Waals surface area contributed by atoms with Crippen LogP contribution in [0.1, 0.15) is 0 Å². The van der Waals surface area contributed by atoms with Crippen molar-refractivity contribution in [2.24, 2.45) is 0 Å². The predicted octanol–water partition coefficient (Wildman–Crippen LogP) is -2.86. The number of rotatable bonds is 0. The van der Waals surface area contributed by atoms with Crippen molar-refractivity contribution in [1.29, 1.82) is 0 Å². The smallest absolute Gasteiger partial charge is 0.369 e. The van der Waals surface area contributed by atoms with E-state index in [2.05, 4.69) is 0 Å². The van der Waals surface area contributed by atoms with E-state index in [9.17, 15) is 0 Å². The fourth-order valence-corrected chi connectivity index (χ4v) is 0. The van der Waals surface area contributed by atoms with Crippen LogP contribution in [0.3, 0.4) is 0 Å². The summed E-state index contributed by atoms with van der Waals surface area (Å²) in [5.74, 6) is 0. The summed E-state index contributed by atoms with van der Waals surface area (Å²) in [5.41, 5.74) is 0. The van der Waals surface area contributed by atoms with Crippen LogP contribution in [0.5, 0.6) is 0 Å². The molecular formula is H4KN2O3+. The minimum Gasteiger partial charge on any atom is -0.369 e. The van der Waals surface area contributed by atoms with Crippen molar-refractivity contribution in [1.82, 2.24) is 6.15 Å². The molecule has 0 aliphatic heterocycles. The van der Waals surface area contributed by atoms with Crippen molar-refractivity contribution in [3.63, 3.8) is 0 Å². The van der Waals surface area contributed by atoms with Crippen LogP contribution >= 0.6 is 0 Å². The standard InChI is InChI=1S/K.NO3.H3N/c;2-1(3)4;/h;;1H3/q+1;-1;/p+1. The summed E-state index contributed by atoms with van der Waals surface area (Å²) in [7, 11) is 0. The zero-order chi connectivity index (χ0) is 3.58. The maximum Gasteiger partial charge on any atom is 1.00 e. The third-order valence-electron chi connectivity index (χ3n) is 0. The van der Waals surface area contributed by atoms with Gasteiger partial charge in [0, 0.05) is 0 Å². The molecule has 0 aromatic rings. The molecule has 0 aromatic heterocycles. The molecular weight excluding hydrogens is 115 g/mol. The Kier molecular flexibility index (Phi) is 24.4. The van der Waals surface area contributed by atoms with Gasteiger partial charge in [-0.15, -0.1) is 0 Å². The van der Waals surface area contributed by atoms with Crippen LogP contribution in [-0.4, -0.2) is 5.09 Å². The topological polar surface area (TPSA) is 103 Å². The molecule has 0 saturated carbocycles. The van der Waals surface area contributed by atoms with Gasteiger partial charge in [-0.3, -0.25) is 0 Å². The van der Waals surface area contributed by atoms with Crippen molar-refractivity contribution in [3.8, 4) is 0 Å². The van der Waals surface area contributed by atoms with Crippen LogP contribution in [0.4, 0.5) is 0 Å². The number of hydrogen-bond donors (Lipinski definition) is 1. The molecule has 0 spiro atoms. The summed E-state index contributed by atoms with van der Waals surface area (Å²) in [4.78, 5) is 8.25. The Labute approximate surface area is 76.8 Å². The van der Waals surface area contributed by atoms with Gasteiger partial charge in [-0.05, 0) is 0 Å². The summed E-state index contributed by atoms with van der Waals surface area (Å²) in [6.07, 6.45) is 0. The van der Waals surface area contributed by atoms with Crippen LogP contribution in [0, 0.1) is 15.3 Å². The summed E-state index contributed by atoms with van der Waals surface area (Å²) in [6, 6.07) is 0. The molecule has 0 radical (unpaired) electrons. The van der Waals surface area contributed by atoms with Crippen molar-refractivity contribution >= 4 is 0 Å². The van der Waals surface area contributed by atoms with E-state index in [0.717, 1.165) is 0 Å². The van der Waals surface area contributed by atoms with Crippen LogP contribution in [0.25, 0.3) is 0 Å². The van der Waals surface area contributed by atoms with Crippen molar-refractivity contribution < 1.29 is 56.5 Å². The normalized spacial score (nSPS) is 4.00. The Balaban J connectivity index is -0.0000000450. The molecule has 0 fully saturated rings. The molecule has 0 saturated heterocycles. The van der Waals surface area contributed by atoms with Gasteiger partial charge in [0.05, 0.1) is 5.09 Å². The molecule has 0 aliphatic rings. The monoisotopic (exact) mass is 119 g/mol. The molecule has 0 rings (SSSR count). The van der Waals surface area contributed by atoms with E-state index in [1.807, 2.05) is 0 Å². The van der Waals surface area contributed by atoms with E-state index < -0.39 is 5.09 Å². The fourth-order valence-electron chi connectivity index (χ4n) is 0. The first-order chi connectivity index (χ1) is 1.73. The van der Waals surface area contributed by atoms with E-state index in [-0.39, 0.29) is 57.5 Å². The van der Waals surface area contributed by atoms with Crippen LogP contribution < -0.4 is 57.5 Å². The Bertz CT molecular complexity index is 31.8. The molecule has 6 heavy (non-hydrogen) atoms. The van der Waals surface area contributed by atoms with Crippen molar-refractivity contribution in [3.05, 3.63) is 15.3 Å². The molecule has 0 unspecified atom stereocenters. The van der Waals surface area contributed by atoms with Gasteiger partial charge in [0.15, 0.2) is 0 Å². The van der Waals surface area contributed by atoms with Gasteiger partial charge in [0.25, 0.3) is 0 Å². The Morgan fingerprint density at radius 1 is 1.33 bits per heavy atom. The number of nitrogens with zero attached hydrogens (tertiary/aromatic N) is 1. The SMILES string of the molecule is O=[N+]([O-])[O-].[K+].[NH4+].